The first-order chi connectivity index (χ1) is 12.8. The summed E-state index contributed by atoms with van der Waals surface area (Å²) >= 11 is 1.06. The molecule has 0 spiro atoms. The zero-order chi connectivity index (χ0) is 20.0. The minimum atomic E-state index is -0.955. The van der Waals surface area contributed by atoms with Gasteiger partial charge in [-0.2, -0.15) is 10.5 Å². The summed E-state index contributed by atoms with van der Waals surface area (Å²) in [5.74, 6) is -1.16. The van der Waals surface area contributed by atoms with E-state index >= 15 is 0 Å². The Kier molecular flexibility index (Phi) is 6.49. The Morgan fingerprint density at radius 3 is 2.70 bits per heavy atom. The van der Waals surface area contributed by atoms with Gasteiger partial charge in [-0.05, 0) is 19.1 Å². The highest BCUT2D eigenvalue weighted by Gasteiger charge is 2.44. The number of carbonyl (C=O) groups excluding carboxylic acids is 2. The summed E-state index contributed by atoms with van der Waals surface area (Å²) in [6.07, 6.45) is 0. The number of hydrogen-bond acceptors (Lipinski definition) is 6. The van der Waals surface area contributed by atoms with Crippen LogP contribution in [0.1, 0.15) is 20.8 Å². The number of nitriles is 2. The van der Waals surface area contributed by atoms with Crippen LogP contribution in [0.5, 0.6) is 5.75 Å². The fourth-order valence-electron chi connectivity index (χ4n) is 2.71. The highest BCUT2D eigenvalue weighted by atomic mass is 32.2. The lowest BCUT2D eigenvalue weighted by atomic mass is 9.72. The van der Waals surface area contributed by atoms with Gasteiger partial charge in [0.2, 0.25) is 11.8 Å². The number of para-hydroxylation sites is 2. The standard InChI is InChI=1S/C19H20N4O3S/c1-4-26-15-8-6-5-7-14(15)22-16(24)11-27-18-13(10-21)19(2,3)12(9-20)17(25)23-18/h5-8,12H,4,11H2,1-3H3,(H,22,24)(H,23,25)/t12-/m1/s1. The van der Waals surface area contributed by atoms with Crippen molar-refractivity contribution in [2.24, 2.45) is 11.3 Å². The van der Waals surface area contributed by atoms with Gasteiger partial charge in [0.1, 0.15) is 11.7 Å². The molecular weight excluding hydrogens is 364 g/mol. The van der Waals surface area contributed by atoms with E-state index in [1.807, 2.05) is 19.1 Å². The van der Waals surface area contributed by atoms with Crippen LogP contribution in [-0.4, -0.2) is 24.2 Å². The van der Waals surface area contributed by atoms with Crippen LogP contribution in [0.4, 0.5) is 5.69 Å². The molecule has 2 rings (SSSR count). The van der Waals surface area contributed by atoms with E-state index in [-0.39, 0.29) is 11.7 Å². The molecule has 1 aromatic rings. The van der Waals surface area contributed by atoms with Crippen LogP contribution in [0.25, 0.3) is 0 Å². The van der Waals surface area contributed by atoms with Crippen molar-refractivity contribution in [3.8, 4) is 17.9 Å². The second-order valence-electron chi connectivity index (χ2n) is 6.36. The van der Waals surface area contributed by atoms with Crippen molar-refractivity contribution < 1.29 is 14.3 Å². The van der Waals surface area contributed by atoms with Crippen LogP contribution in [0.3, 0.4) is 0 Å². The molecule has 27 heavy (non-hydrogen) atoms. The number of rotatable bonds is 6. The molecule has 0 radical (unpaired) electrons. The van der Waals surface area contributed by atoms with Crippen LogP contribution in [0.15, 0.2) is 34.9 Å². The molecular formula is C19H20N4O3S. The molecule has 2 amide bonds. The van der Waals surface area contributed by atoms with E-state index < -0.39 is 17.2 Å². The summed E-state index contributed by atoms with van der Waals surface area (Å²) in [4.78, 5) is 24.5. The first kappa shape index (κ1) is 20.3. The molecule has 1 heterocycles. The molecule has 0 saturated carbocycles. The van der Waals surface area contributed by atoms with Gasteiger partial charge in [-0.25, -0.2) is 0 Å². The van der Waals surface area contributed by atoms with Crippen LogP contribution in [0, 0.1) is 34.0 Å². The maximum atomic E-state index is 12.3. The number of nitrogens with one attached hydrogen (secondary N) is 2. The quantitative estimate of drug-likeness (QED) is 0.779. The monoisotopic (exact) mass is 384 g/mol. The minimum Gasteiger partial charge on any atom is -0.492 e. The van der Waals surface area contributed by atoms with Crippen LogP contribution in [-0.2, 0) is 9.59 Å². The number of thioether (sulfide) groups is 1. The van der Waals surface area contributed by atoms with E-state index in [0.29, 0.717) is 28.6 Å². The smallest absolute Gasteiger partial charge is 0.243 e. The lowest BCUT2D eigenvalue weighted by molar-refractivity contribution is -0.125. The van der Waals surface area contributed by atoms with Crippen LogP contribution >= 0.6 is 11.8 Å². The predicted octanol–water partition coefficient (Wildman–Crippen LogP) is 2.79. The van der Waals surface area contributed by atoms with Gasteiger partial charge < -0.3 is 15.4 Å². The van der Waals surface area contributed by atoms with E-state index in [2.05, 4.69) is 16.7 Å². The molecule has 0 fully saturated rings. The van der Waals surface area contributed by atoms with E-state index in [4.69, 9.17) is 4.74 Å². The molecule has 0 aromatic heterocycles. The van der Waals surface area contributed by atoms with Crippen LogP contribution < -0.4 is 15.4 Å². The molecule has 0 saturated heterocycles. The lowest BCUT2D eigenvalue weighted by Crippen LogP contribution is -2.44. The molecule has 1 aliphatic rings. The predicted molar refractivity (Wildman–Crippen MR) is 102 cm³/mol. The third kappa shape index (κ3) is 4.42. The summed E-state index contributed by atoms with van der Waals surface area (Å²) in [7, 11) is 0. The zero-order valence-electron chi connectivity index (χ0n) is 15.3. The maximum Gasteiger partial charge on any atom is 0.243 e. The summed E-state index contributed by atoms with van der Waals surface area (Å²) in [5.41, 5.74) is -0.0789. The third-order valence-corrected chi connectivity index (χ3v) is 5.14. The second-order valence-corrected chi connectivity index (χ2v) is 7.34. The Balaban J connectivity index is 2.13. The average molecular weight is 384 g/mol. The van der Waals surface area contributed by atoms with E-state index in [1.165, 1.54) is 0 Å². The number of ether oxygens (including phenoxy) is 1. The van der Waals surface area contributed by atoms with Crippen molar-refractivity contribution in [1.29, 1.82) is 10.5 Å². The number of amides is 2. The molecule has 7 nitrogen and oxygen atoms in total. The normalized spacial score (nSPS) is 18.1. The summed E-state index contributed by atoms with van der Waals surface area (Å²) < 4.78 is 5.47. The molecule has 140 valence electrons. The van der Waals surface area contributed by atoms with E-state index in [9.17, 15) is 20.1 Å². The van der Waals surface area contributed by atoms with Crippen LogP contribution in [0.2, 0.25) is 0 Å². The van der Waals surface area contributed by atoms with Gasteiger partial charge in [-0.1, -0.05) is 37.7 Å². The van der Waals surface area contributed by atoms with Gasteiger partial charge >= 0.3 is 0 Å². The molecule has 1 aliphatic heterocycles. The van der Waals surface area contributed by atoms with Gasteiger partial charge in [0.25, 0.3) is 0 Å². The van der Waals surface area contributed by atoms with Crippen molar-refractivity contribution in [3.63, 3.8) is 0 Å². The molecule has 0 unspecified atom stereocenters. The minimum absolute atomic E-state index is 0.00540. The second kappa shape index (κ2) is 8.61. The van der Waals surface area contributed by atoms with Gasteiger partial charge in [0.15, 0.2) is 0 Å². The Morgan fingerprint density at radius 2 is 2.07 bits per heavy atom. The molecule has 8 heteroatoms. The number of benzene rings is 1. The summed E-state index contributed by atoms with van der Waals surface area (Å²) in [5, 5.41) is 24.4. The fourth-order valence-corrected chi connectivity index (χ4v) is 3.68. The number of anilines is 1. The van der Waals surface area contributed by atoms with Gasteiger partial charge in [-0.3, -0.25) is 9.59 Å². The third-order valence-electron chi connectivity index (χ3n) is 4.14. The zero-order valence-corrected chi connectivity index (χ0v) is 16.1. The molecule has 2 N–H and O–H groups in total. The SMILES string of the molecule is CCOc1ccccc1NC(=O)CSC1=C(C#N)C(C)(C)[C@H](C#N)C(=O)N1. The maximum absolute atomic E-state index is 12.3. The van der Waals surface area contributed by atoms with Gasteiger partial charge in [0, 0.05) is 5.41 Å². The Labute approximate surface area is 162 Å². The topological polar surface area (TPSA) is 115 Å². The molecule has 0 aliphatic carbocycles. The number of nitrogens with zero attached hydrogens (tertiary/aromatic N) is 2. The highest BCUT2D eigenvalue weighted by Crippen LogP contribution is 2.41. The Morgan fingerprint density at radius 1 is 1.37 bits per heavy atom. The Hall–Kier alpha value is -2.97. The largest absolute Gasteiger partial charge is 0.492 e. The summed E-state index contributed by atoms with van der Waals surface area (Å²) in [6, 6.07) is 11.1. The fraction of sp³-hybridized carbons (Fsp3) is 0.368. The Bertz CT molecular complexity index is 864. The first-order valence-electron chi connectivity index (χ1n) is 8.35. The molecule has 1 aromatic carbocycles. The van der Waals surface area contributed by atoms with Gasteiger partial charge in [0.05, 0.1) is 40.8 Å². The number of allylic oxidation sites excluding steroid dienone is 1. The molecule has 1 atom stereocenters. The van der Waals surface area contributed by atoms with Crippen molar-refractivity contribution in [3.05, 3.63) is 34.9 Å². The molecule has 0 bridgehead atoms. The van der Waals surface area contributed by atoms with E-state index in [1.54, 1.807) is 32.0 Å². The van der Waals surface area contributed by atoms with Crippen molar-refractivity contribution in [2.45, 2.75) is 20.8 Å². The van der Waals surface area contributed by atoms with Gasteiger partial charge in [-0.15, -0.1) is 0 Å². The van der Waals surface area contributed by atoms with Crippen molar-refractivity contribution >= 4 is 29.3 Å². The number of carbonyl (C=O) groups is 2. The first-order valence-corrected chi connectivity index (χ1v) is 9.33. The van der Waals surface area contributed by atoms with Crippen molar-refractivity contribution in [1.82, 2.24) is 5.32 Å². The average Bonchev–Trinajstić information content (AvgIpc) is 2.61. The highest BCUT2D eigenvalue weighted by molar-refractivity contribution is 8.03. The van der Waals surface area contributed by atoms with Crippen molar-refractivity contribution in [2.75, 3.05) is 17.7 Å². The van der Waals surface area contributed by atoms with E-state index in [0.717, 1.165) is 11.8 Å². The number of hydrogen-bond donors (Lipinski definition) is 2. The summed E-state index contributed by atoms with van der Waals surface area (Å²) in [6.45, 7) is 5.68. The lowest BCUT2D eigenvalue weighted by Gasteiger charge is -2.34.